The summed E-state index contributed by atoms with van der Waals surface area (Å²) in [5, 5.41) is 3.70. The van der Waals surface area contributed by atoms with Crippen molar-refractivity contribution in [3.63, 3.8) is 0 Å². The van der Waals surface area contributed by atoms with E-state index >= 15 is 0 Å². The van der Waals surface area contributed by atoms with Gasteiger partial charge in [-0.1, -0.05) is 26.8 Å². The molecular weight excluding hydrogens is 208 g/mol. The van der Waals surface area contributed by atoms with E-state index in [1.165, 1.54) is 17.5 Å². The van der Waals surface area contributed by atoms with E-state index in [1.54, 1.807) is 0 Å². The number of anilines is 1. The smallest absolute Gasteiger partial charge is 0.0326 e. The van der Waals surface area contributed by atoms with Crippen LogP contribution < -0.4 is 11.1 Å². The number of fused-ring (bicyclic) bond motifs is 1. The van der Waals surface area contributed by atoms with Crippen LogP contribution in [0.15, 0.2) is 18.2 Å². The lowest BCUT2D eigenvalue weighted by molar-refractivity contribution is 0.368. The molecule has 2 unspecified atom stereocenters. The molecule has 0 heterocycles. The van der Waals surface area contributed by atoms with Crippen molar-refractivity contribution in [2.24, 2.45) is 11.8 Å². The first-order valence-electron chi connectivity index (χ1n) is 6.69. The monoisotopic (exact) mass is 232 g/mol. The highest BCUT2D eigenvalue weighted by Crippen LogP contribution is 2.32. The Kier molecular flexibility index (Phi) is 3.72. The SMILES string of the molecule is CC(C)C(C)CNC1CCc2cc(N)ccc21. The summed E-state index contributed by atoms with van der Waals surface area (Å²) in [7, 11) is 0. The van der Waals surface area contributed by atoms with Crippen LogP contribution in [0.1, 0.15) is 44.4 Å². The van der Waals surface area contributed by atoms with Crippen molar-refractivity contribution in [3.05, 3.63) is 29.3 Å². The molecule has 0 saturated carbocycles. The Balaban J connectivity index is 1.98. The minimum absolute atomic E-state index is 0.534. The third-order valence-corrected chi connectivity index (χ3v) is 4.07. The van der Waals surface area contributed by atoms with Crippen LogP contribution in [0.5, 0.6) is 0 Å². The zero-order valence-corrected chi connectivity index (χ0v) is 11.2. The van der Waals surface area contributed by atoms with Crippen molar-refractivity contribution in [3.8, 4) is 0 Å². The largest absolute Gasteiger partial charge is 0.399 e. The number of nitrogen functional groups attached to an aromatic ring is 1. The molecule has 0 amide bonds. The quantitative estimate of drug-likeness (QED) is 0.783. The topological polar surface area (TPSA) is 38.0 Å². The normalized spacial score (nSPS) is 20.6. The molecule has 2 nitrogen and oxygen atoms in total. The highest BCUT2D eigenvalue weighted by Gasteiger charge is 2.22. The molecule has 1 aromatic rings. The van der Waals surface area contributed by atoms with E-state index in [4.69, 9.17) is 5.73 Å². The van der Waals surface area contributed by atoms with Gasteiger partial charge in [0.25, 0.3) is 0 Å². The highest BCUT2D eigenvalue weighted by molar-refractivity contribution is 5.47. The molecule has 2 heteroatoms. The third-order valence-electron chi connectivity index (χ3n) is 4.07. The lowest BCUT2D eigenvalue weighted by Gasteiger charge is -2.20. The summed E-state index contributed by atoms with van der Waals surface area (Å²) < 4.78 is 0. The van der Waals surface area contributed by atoms with Crippen molar-refractivity contribution in [2.75, 3.05) is 12.3 Å². The van der Waals surface area contributed by atoms with E-state index in [9.17, 15) is 0 Å². The molecule has 2 atom stereocenters. The zero-order chi connectivity index (χ0) is 12.4. The maximum absolute atomic E-state index is 5.82. The highest BCUT2D eigenvalue weighted by atomic mass is 14.9. The Morgan fingerprint density at radius 2 is 2.12 bits per heavy atom. The summed E-state index contributed by atoms with van der Waals surface area (Å²) in [6, 6.07) is 6.87. The number of hydrogen-bond donors (Lipinski definition) is 2. The third kappa shape index (κ3) is 2.81. The summed E-state index contributed by atoms with van der Waals surface area (Å²) in [5.41, 5.74) is 9.59. The Labute approximate surface area is 105 Å². The second-order valence-corrected chi connectivity index (χ2v) is 5.68. The van der Waals surface area contributed by atoms with Crippen LogP contribution in [0, 0.1) is 11.8 Å². The molecule has 17 heavy (non-hydrogen) atoms. The number of benzene rings is 1. The Morgan fingerprint density at radius 1 is 1.35 bits per heavy atom. The summed E-state index contributed by atoms with van der Waals surface area (Å²) in [4.78, 5) is 0. The van der Waals surface area contributed by atoms with Crippen LogP contribution in [0.4, 0.5) is 5.69 Å². The Hall–Kier alpha value is -1.02. The lowest BCUT2D eigenvalue weighted by atomic mass is 9.97. The standard InChI is InChI=1S/C15H24N2/c1-10(2)11(3)9-17-15-7-4-12-8-13(16)5-6-14(12)15/h5-6,8,10-11,15,17H,4,7,9,16H2,1-3H3. The average Bonchev–Trinajstić information content (AvgIpc) is 2.67. The molecular formula is C15H24N2. The fraction of sp³-hybridized carbons (Fsp3) is 0.600. The molecule has 0 aromatic heterocycles. The van der Waals surface area contributed by atoms with Gasteiger partial charge in [0.1, 0.15) is 0 Å². The van der Waals surface area contributed by atoms with Gasteiger partial charge in [-0.15, -0.1) is 0 Å². The van der Waals surface area contributed by atoms with Crippen LogP contribution >= 0.6 is 0 Å². The maximum Gasteiger partial charge on any atom is 0.0326 e. The van der Waals surface area contributed by atoms with Gasteiger partial charge >= 0.3 is 0 Å². The number of aryl methyl sites for hydroxylation is 1. The molecule has 0 aliphatic heterocycles. The van der Waals surface area contributed by atoms with Crippen molar-refractivity contribution >= 4 is 5.69 Å². The fourth-order valence-electron chi connectivity index (χ4n) is 2.41. The molecule has 1 aromatic carbocycles. The Bertz CT molecular complexity index is 385. The zero-order valence-electron chi connectivity index (χ0n) is 11.2. The molecule has 1 aliphatic carbocycles. The van der Waals surface area contributed by atoms with Gasteiger partial charge in [0.2, 0.25) is 0 Å². The predicted molar refractivity (Wildman–Crippen MR) is 73.9 cm³/mol. The molecule has 3 N–H and O–H groups in total. The predicted octanol–water partition coefficient (Wildman–Crippen LogP) is 3.14. The van der Waals surface area contributed by atoms with E-state index in [1.807, 2.05) is 6.07 Å². The molecule has 0 radical (unpaired) electrons. The van der Waals surface area contributed by atoms with Crippen molar-refractivity contribution in [2.45, 2.75) is 39.7 Å². The first-order chi connectivity index (χ1) is 8.08. The minimum Gasteiger partial charge on any atom is -0.399 e. The molecule has 0 saturated heterocycles. The van der Waals surface area contributed by atoms with E-state index in [0.29, 0.717) is 6.04 Å². The molecule has 2 rings (SSSR count). The maximum atomic E-state index is 5.82. The van der Waals surface area contributed by atoms with Crippen LogP contribution in [-0.4, -0.2) is 6.54 Å². The van der Waals surface area contributed by atoms with Gasteiger partial charge < -0.3 is 11.1 Å². The van der Waals surface area contributed by atoms with Gasteiger partial charge in [0.15, 0.2) is 0 Å². The van der Waals surface area contributed by atoms with Crippen molar-refractivity contribution in [1.82, 2.24) is 5.32 Å². The average molecular weight is 232 g/mol. The summed E-state index contributed by atoms with van der Waals surface area (Å²) in [6.45, 7) is 7.99. The number of nitrogens with two attached hydrogens (primary N) is 1. The minimum atomic E-state index is 0.534. The molecule has 0 fully saturated rings. The van der Waals surface area contributed by atoms with Gasteiger partial charge in [-0.3, -0.25) is 0 Å². The fourth-order valence-corrected chi connectivity index (χ4v) is 2.41. The van der Waals surface area contributed by atoms with Gasteiger partial charge in [0, 0.05) is 11.7 Å². The number of hydrogen-bond acceptors (Lipinski definition) is 2. The summed E-state index contributed by atoms with van der Waals surface area (Å²) >= 11 is 0. The second-order valence-electron chi connectivity index (χ2n) is 5.68. The summed E-state index contributed by atoms with van der Waals surface area (Å²) in [5.74, 6) is 1.47. The van der Waals surface area contributed by atoms with E-state index in [2.05, 4.69) is 38.2 Å². The molecule has 0 bridgehead atoms. The first-order valence-corrected chi connectivity index (χ1v) is 6.69. The van der Waals surface area contributed by atoms with Gasteiger partial charge in [-0.05, 0) is 54.5 Å². The van der Waals surface area contributed by atoms with E-state index in [-0.39, 0.29) is 0 Å². The van der Waals surface area contributed by atoms with E-state index in [0.717, 1.165) is 30.5 Å². The van der Waals surface area contributed by atoms with Crippen LogP contribution in [-0.2, 0) is 6.42 Å². The lowest BCUT2D eigenvalue weighted by Crippen LogP contribution is -2.27. The number of rotatable bonds is 4. The van der Waals surface area contributed by atoms with Gasteiger partial charge in [-0.25, -0.2) is 0 Å². The first kappa shape index (κ1) is 12.4. The van der Waals surface area contributed by atoms with Crippen molar-refractivity contribution < 1.29 is 0 Å². The molecule has 1 aliphatic rings. The Morgan fingerprint density at radius 3 is 2.82 bits per heavy atom. The van der Waals surface area contributed by atoms with Crippen LogP contribution in [0.3, 0.4) is 0 Å². The molecule has 94 valence electrons. The van der Waals surface area contributed by atoms with Gasteiger partial charge in [0.05, 0.1) is 0 Å². The number of nitrogens with one attached hydrogen (secondary N) is 1. The summed E-state index contributed by atoms with van der Waals surface area (Å²) in [6.07, 6.45) is 2.37. The second kappa shape index (κ2) is 5.09. The van der Waals surface area contributed by atoms with Gasteiger partial charge in [-0.2, -0.15) is 0 Å². The van der Waals surface area contributed by atoms with Crippen LogP contribution in [0.25, 0.3) is 0 Å². The van der Waals surface area contributed by atoms with Crippen LogP contribution in [0.2, 0.25) is 0 Å². The van der Waals surface area contributed by atoms with E-state index < -0.39 is 0 Å². The van der Waals surface area contributed by atoms with Crippen molar-refractivity contribution in [1.29, 1.82) is 0 Å². The molecule has 0 spiro atoms.